The molecule has 0 unspecified atom stereocenters. The van der Waals surface area contributed by atoms with Gasteiger partial charge < -0.3 is 5.11 Å². The van der Waals surface area contributed by atoms with E-state index in [0.717, 1.165) is 22.0 Å². The molecule has 112 valence electrons. The fourth-order valence-corrected chi connectivity index (χ4v) is 2.92. The zero-order chi connectivity index (χ0) is 15.6. The van der Waals surface area contributed by atoms with E-state index in [1.54, 1.807) is 19.1 Å². The first-order valence-corrected chi connectivity index (χ1v) is 7.60. The van der Waals surface area contributed by atoms with Gasteiger partial charge in [-0.05, 0) is 25.5 Å². The highest BCUT2D eigenvalue weighted by molar-refractivity contribution is 7.92. The van der Waals surface area contributed by atoms with Crippen LogP contribution < -0.4 is 4.72 Å². The van der Waals surface area contributed by atoms with E-state index in [1.165, 1.54) is 6.20 Å². The highest BCUT2D eigenvalue weighted by atomic mass is 32.2. The Morgan fingerprint density at radius 3 is 2.71 bits per heavy atom. The molecule has 21 heavy (non-hydrogen) atoms. The Morgan fingerprint density at radius 1 is 1.38 bits per heavy atom. The Morgan fingerprint density at radius 2 is 2.10 bits per heavy atom. The van der Waals surface area contributed by atoms with Gasteiger partial charge in [0.15, 0.2) is 0 Å². The molecule has 2 aromatic rings. The number of aromatic nitrogens is 2. The second-order valence-corrected chi connectivity index (χ2v) is 6.37. The molecule has 0 amide bonds. The van der Waals surface area contributed by atoms with Crippen molar-refractivity contribution in [2.45, 2.75) is 25.3 Å². The van der Waals surface area contributed by atoms with Crippen LogP contribution in [0.5, 0.6) is 0 Å². The second kappa shape index (κ2) is 5.57. The first-order valence-electron chi connectivity index (χ1n) is 6.12. The number of carboxylic acid groups (broad SMARTS) is 1. The van der Waals surface area contributed by atoms with E-state index in [-0.39, 0.29) is 11.4 Å². The third kappa shape index (κ3) is 3.60. The van der Waals surface area contributed by atoms with Gasteiger partial charge >= 0.3 is 5.97 Å². The molecule has 0 spiro atoms. The van der Waals surface area contributed by atoms with Crippen LogP contribution in [0.25, 0.3) is 0 Å². The lowest BCUT2D eigenvalue weighted by Gasteiger charge is -2.09. The molecule has 0 aliphatic rings. The smallest absolute Gasteiger partial charge is 0.325 e. The minimum atomic E-state index is -3.79. The summed E-state index contributed by atoms with van der Waals surface area (Å²) in [7, 11) is -3.79. The van der Waals surface area contributed by atoms with Gasteiger partial charge in [0.2, 0.25) is 0 Å². The largest absolute Gasteiger partial charge is 0.480 e. The van der Waals surface area contributed by atoms with Gasteiger partial charge in [-0.2, -0.15) is 5.10 Å². The molecule has 0 aliphatic heterocycles. The van der Waals surface area contributed by atoms with Crippen molar-refractivity contribution < 1.29 is 18.3 Å². The molecule has 0 aliphatic carbocycles. The molecule has 0 saturated heterocycles. The third-order valence-electron chi connectivity index (χ3n) is 2.84. The molecule has 1 heterocycles. The van der Waals surface area contributed by atoms with Crippen LogP contribution in [0.4, 0.5) is 5.69 Å². The fourth-order valence-electron chi connectivity index (χ4n) is 1.84. The van der Waals surface area contributed by atoms with Crippen LogP contribution in [0.1, 0.15) is 11.1 Å². The van der Waals surface area contributed by atoms with Crippen molar-refractivity contribution in [1.82, 2.24) is 9.78 Å². The highest BCUT2D eigenvalue weighted by Gasteiger charge is 2.18. The van der Waals surface area contributed by atoms with Gasteiger partial charge in [0.1, 0.15) is 11.4 Å². The Bertz CT molecular complexity index is 780. The predicted molar refractivity (Wildman–Crippen MR) is 76.6 cm³/mol. The van der Waals surface area contributed by atoms with E-state index < -0.39 is 16.0 Å². The van der Waals surface area contributed by atoms with Crippen molar-refractivity contribution >= 4 is 21.7 Å². The number of aryl methyl sites for hydroxylation is 2. The summed E-state index contributed by atoms with van der Waals surface area (Å²) >= 11 is 0. The van der Waals surface area contributed by atoms with Crippen LogP contribution in [-0.2, 0) is 21.4 Å². The summed E-state index contributed by atoms with van der Waals surface area (Å²) in [5.74, 6) is -1.09. The molecule has 0 fully saturated rings. The Hall–Kier alpha value is -2.35. The summed E-state index contributed by atoms with van der Waals surface area (Å²) < 4.78 is 28.0. The monoisotopic (exact) mass is 309 g/mol. The van der Waals surface area contributed by atoms with E-state index >= 15 is 0 Å². The lowest BCUT2D eigenvalue weighted by atomic mass is 10.1. The zero-order valence-corrected chi connectivity index (χ0v) is 12.4. The average molecular weight is 309 g/mol. The number of hydrogen-bond donors (Lipinski definition) is 2. The summed E-state index contributed by atoms with van der Waals surface area (Å²) in [6, 6.07) is 5.36. The highest BCUT2D eigenvalue weighted by Crippen LogP contribution is 2.20. The summed E-state index contributed by atoms with van der Waals surface area (Å²) in [6.07, 6.45) is 2.30. The van der Waals surface area contributed by atoms with E-state index in [2.05, 4.69) is 9.82 Å². The van der Waals surface area contributed by atoms with Gasteiger partial charge in [0.05, 0.1) is 11.9 Å². The van der Waals surface area contributed by atoms with Gasteiger partial charge in [-0.15, -0.1) is 0 Å². The Kier molecular flexibility index (Phi) is 3.99. The van der Waals surface area contributed by atoms with E-state index in [4.69, 9.17) is 5.11 Å². The van der Waals surface area contributed by atoms with Crippen molar-refractivity contribution in [2.24, 2.45) is 0 Å². The van der Waals surface area contributed by atoms with Crippen LogP contribution >= 0.6 is 0 Å². The fraction of sp³-hybridized carbons (Fsp3) is 0.231. The number of carbonyl (C=O) groups is 1. The molecule has 1 aromatic heterocycles. The van der Waals surface area contributed by atoms with Crippen molar-refractivity contribution in [3.63, 3.8) is 0 Å². The van der Waals surface area contributed by atoms with E-state index in [9.17, 15) is 13.2 Å². The molecule has 7 nitrogen and oxygen atoms in total. The quantitative estimate of drug-likeness (QED) is 0.869. The molecule has 0 bridgehead atoms. The Balaban J connectivity index is 2.25. The van der Waals surface area contributed by atoms with Crippen LogP contribution in [0, 0.1) is 13.8 Å². The standard InChI is InChI=1S/C13H15N3O4S/c1-9-3-4-12(10(2)5-9)15-21(19,20)11-6-14-16(7-11)8-13(17)18/h3-7,15H,8H2,1-2H3,(H,17,18). The van der Waals surface area contributed by atoms with Crippen molar-refractivity contribution in [1.29, 1.82) is 0 Å². The van der Waals surface area contributed by atoms with E-state index in [0.29, 0.717) is 5.69 Å². The number of aliphatic carboxylic acids is 1. The number of anilines is 1. The van der Waals surface area contributed by atoms with Crippen LogP contribution in [0.2, 0.25) is 0 Å². The minimum absolute atomic E-state index is 0.0799. The average Bonchev–Trinajstić information content (AvgIpc) is 2.81. The number of hydrogen-bond acceptors (Lipinski definition) is 4. The zero-order valence-electron chi connectivity index (χ0n) is 11.6. The lowest BCUT2D eigenvalue weighted by molar-refractivity contribution is -0.137. The molecule has 8 heteroatoms. The predicted octanol–water partition coefficient (Wildman–Crippen LogP) is 1.39. The van der Waals surface area contributed by atoms with Gasteiger partial charge in [-0.1, -0.05) is 17.7 Å². The third-order valence-corrected chi connectivity index (χ3v) is 4.16. The minimum Gasteiger partial charge on any atom is -0.480 e. The molecule has 0 atom stereocenters. The maximum atomic E-state index is 12.2. The molecule has 0 saturated carbocycles. The normalized spacial score (nSPS) is 11.3. The van der Waals surface area contributed by atoms with Gasteiger partial charge in [0.25, 0.3) is 10.0 Å². The van der Waals surface area contributed by atoms with Crippen LogP contribution in [0.3, 0.4) is 0 Å². The number of carboxylic acids is 1. The van der Waals surface area contributed by atoms with Gasteiger partial charge in [-0.3, -0.25) is 14.2 Å². The van der Waals surface area contributed by atoms with E-state index in [1.807, 2.05) is 13.0 Å². The second-order valence-electron chi connectivity index (χ2n) is 4.69. The molecule has 2 rings (SSSR count). The number of rotatable bonds is 5. The molecule has 1 aromatic carbocycles. The molecular weight excluding hydrogens is 294 g/mol. The number of nitrogens with one attached hydrogen (secondary N) is 1. The first-order chi connectivity index (χ1) is 9.78. The summed E-state index contributed by atoms with van der Waals surface area (Å²) in [4.78, 5) is 10.5. The first kappa shape index (κ1) is 15.0. The number of benzene rings is 1. The summed E-state index contributed by atoms with van der Waals surface area (Å²) in [5, 5.41) is 12.4. The van der Waals surface area contributed by atoms with Crippen LogP contribution in [-0.4, -0.2) is 29.3 Å². The van der Waals surface area contributed by atoms with Gasteiger partial charge in [0, 0.05) is 6.20 Å². The number of nitrogens with zero attached hydrogens (tertiary/aromatic N) is 2. The summed E-state index contributed by atoms with van der Waals surface area (Å²) in [5.41, 5.74) is 2.31. The topological polar surface area (TPSA) is 101 Å². The Labute approximate surface area is 122 Å². The SMILES string of the molecule is Cc1ccc(NS(=O)(=O)c2cnn(CC(=O)O)c2)c(C)c1. The van der Waals surface area contributed by atoms with Crippen molar-refractivity contribution in [3.05, 3.63) is 41.7 Å². The maximum Gasteiger partial charge on any atom is 0.325 e. The summed E-state index contributed by atoms with van der Waals surface area (Å²) in [6.45, 7) is 3.33. The lowest BCUT2D eigenvalue weighted by Crippen LogP contribution is -2.13. The van der Waals surface area contributed by atoms with Crippen molar-refractivity contribution in [3.8, 4) is 0 Å². The molecule has 0 radical (unpaired) electrons. The maximum absolute atomic E-state index is 12.2. The molecule has 2 N–H and O–H groups in total. The van der Waals surface area contributed by atoms with Crippen molar-refractivity contribution in [2.75, 3.05) is 4.72 Å². The van der Waals surface area contributed by atoms with Gasteiger partial charge in [-0.25, -0.2) is 8.42 Å². The van der Waals surface area contributed by atoms with Crippen LogP contribution in [0.15, 0.2) is 35.5 Å². The molecular formula is C13H15N3O4S. The number of sulfonamides is 1.